The standard InChI is InChI=1S/C9H9BN2/c10-9(6-7-11)12-8-4-2-1-3-5-8/h1-7H,11H2. The summed E-state index contributed by atoms with van der Waals surface area (Å²) in [6.07, 6.45) is 2.91. The molecular weight excluding hydrogens is 147 g/mol. The minimum atomic E-state index is 0.406. The van der Waals surface area contributed by atoms with E-state index in [1.54, 1.807) is 6.08 Å². The first-order chi connectivity index (χ1) is 5.83. The molecule has 0 spiro atoms. The number of allylic oxidation sites excluding steroid dienone is 1. The van der Waals surface area contributed by atoms with Crippen LogP contribution in [0.5, 0.6) is 0 Å². The van der Waals surface area contributed by atoms with Crippen LogP contribution >= 0.6 is 0 Å². The highest BCUT2D eigenvalue weighted by atomic mass is 14.7. The second kappa shape index (κ2) is 4.39. The molecule has 0 aromatic heterocycles. The molecule has 0 aliphatic heterocycles. The number of hydrogen-bond acceptors (Lipinski definition) is 2. The van der Waals surface area contributed by atoms with Gasteiger partial charge in [-0.2, -0.15) is 0 Å². The number of para-hydroxylation sites is 1. The molecule has 0 bridgehead atoms. The van der Waals surface area contributed by atoms with Gasteiger partial charge in [-0.1, -0.05) is 18.2 Å². The van der Waals surface area contributed by atoms with Crippen LogP contribution in [-0.4, -0.2) is 13.5 Å². The fourth-order valence-corrected chi connectivity index (χ4v) is 0.787. The summed E-state index contributed by atoms with van der Waals surface area (Å²) in [4.78, 5) is 4.08. The summed E-state index contributed by atoms with van der Waals surface area (Å²) in [6, 6.07) is 9.47. The van der Waals surface area contributed by atoms with Gasteiger partial charge in [0.2, 0.25) is 0 Å². The predicted octanol–water partition coefficient (Wildman–Crippen LogP) is 1.36. The second-order valence-electron chi connectivity index (χ2n) is 2.23. The summed E-state index contributed by atoms with van der Waals surface area (Å²) < 4.78 is 0. The van der Waals surface area contributed by atoms with Crippen LogP contribution in [0, 0.1) is 0 Å². The molecule has 3 heteroatoms. The third kappa shape index (κ3) is 2.62. The fourth-order valence-electron chi connectivity index (χ4n) is 0.787. The van der Waals surface area contributed by atoms with Crippen molar-refractivity contribution in [1.29, 1.82) is 0 Å². The second-order valence-corrected chi connectivity index (χ2v) is 2.23. The maximum absolute atomic E-state index is 5.50. The number of hydrogen-bond donors (Lipinski definition) is 1. The summed E-state index contributed by atoms with van der Waals surface area (Å²) >= 11 is 0. The molecule has 1 aromatic carbocycles. The zero-order valence-electron chi connectivity index (χ0n) is 6.64. The van der Waals surface area contributed by atoms with E-state index in [0.717, 1.165) is 5.69 Å². The summed E-state index contributed by atoms with van der Waals surface area (Å²) in [5.74, 6) is 0. The molecule has 1 aromatic rings. The van der Waals surface area contributed by atoms with Gasteiger partial charge in [0.05, 0.1) is 5.69 Å². The van der Waals surface area contributed by atoms with Crippen LogP contribution in [0.3, 0.4) is 0 Å². The Hall–Kier alpha value is -1.51. The van der Waals surface area contributed by atoms with Gasteiger partial charge in [0.1, 0.15) is 7.85 Å². The molecule has 0 aliphatic carbocycles. The van der Waals surface area contributed by atoms with Crippen LogP contribution in [-0.2, 0) is 0 Å². The lowest BCUT2D eigenvalue weighted by atomic mass is 10.0. The van der Waals surface area contributed by atoms with Crippen LogP contribution < -0.4 is 5.73 Å². The summed E-state index contributed by atoms with van der Waals surface area (Å²) in [6.45, 7) is 0. The molecule has 0 atom stereocenters. The SMILES string of the molecule is [B]C(C=CN)=Nc1ccccc1. The smallest absolute Gasteiger partial charge is 0.141 e. The molecule has 1 rings (SSSR count). The molecule has 2 N–H and O–H groups in total. The van der Waals surface area contributed by atoms with E-state index in [4.69, 9.17) is 13.6 Å². The molecule has 2 nitrogen and oxygen atoms in total. The fraction of sp³-hybridized carbons (Fsp3) is 0. The van der Waals surface area contributed by atoms with E-state index >= 15 is 0 Å². The maximum Gasteiger partial charge on any atom is 0.141 e. The molecule has 58 valence electrons. The molecule has 12 heavy (non-hydrogen) atoms. The Balaban J connectivity index is 2.81. The average molecular weight is 156 g/mol. The lowest BCUT2D eigenvalue weighted by Crippen LogP contribution is -1.92. The Bertz CT molecular complexity index is 291. The Morgan fingerprint density at radius 1 is 1.33 bits per heavy atom. The Labute approximate surface area is 73.2 Å². The highest BCUT2D eigenvalue weighted by Crippen LogP contribution is 2.09. The molecule has 0 heterocycles. The van der Waals surface area contributed by atoms with Gasteiger partial charge in [0.25, 0.3) is 0 Å². The van der Waals surface area contributed by atoms with Crippen molar-refractivity contribution in [2.45, 2.75) is 0 Å². The van der Waals surface area contributed by atoms with Gasteiger partial charge < -0.3 is 5.73 Å². The highest BCUT2D eigenvalue weighted by Gasteiger charge is 1.85. The largest absolute Gasteiger partial charge is 0.405 e. The first-order valence-electron chi connectivity index (χ1n) is 3.60. The van der Waals surface area contributed by atoms with Crippen molar-refractivity contribution in [3.05, 3.63) is 42.6 Å². The van der Waals surface area contributed by atoms with E-state index in [2.05, 4.69) is 4.99 Å². The van der Waals surface area contributed by atoms with E-state index in [-0.39, 0.29) is 0 Å². The van der Waals surface area contributed by atoms with E-state index < -0.39 is 0 Å². The minimum Gasteiger partial charge on any atom is -0.405 e. The molecule has 2 radical (unpaired) electrons. The molecular formula is C9H9BN2. The van der Waals surface area contributed by atoms with E-state index in [9.17, 15) is 0 Å². The maximum atomic E-state index is 5.50. The zero-order valence-corrected chi connectivity index (χ0v) is 6.64. The topological polar surface area (TPSA) is 38.4 Å². The van der Waals surface area contributed by atoms with Gasteiger partial charge in [-0.05, 0) is 30.0 Å². The van der Waals surface area contributed by atoms with Crippen molar-refractivity contribution in [2.75, 3.05) is 0 Å². The van der Waals surface area contributed by atoms with Crippen molar-refractivity contribution < 1.29 is 0 Å². The van der Waals surface area contributed by atoms with Crippen molar-refractivity contribution >= 4 is 19.1 Å². The molecule has 0 unspecified atom stereocenters. The van der Waals surface area contributed by atoms with Crippen molar-refractivity contribution in [2.24, 2.45) is 10.7 Å². The van der Waals surface area contributed by atoms with Crippen LogP contribution in [0.15, 0.2) is 47.6 Å². The Morgan fingerprint density at radius 2 is 2.00 bits per heavy atom. The summed E-state index contributed by atoms with van der Waals surface area (Å²) in [7, 11) is 5.50. The summed E-state index contributed by atoms with van der Waals surface area (Å²) in [5, 5.41) is 0. The number of rotatable bonds is 2. The number of nitrogens with zero attached hydrogens (tertiary/aromatic N) is 1. The molecule has 0 fully saturated rings. The van der Waals surface area contributed by atoms with Crippen LogP contribution in [0.1, 0.15) is 0 Å². The third-order valence-corrected chi connectivity index (χ3v) is 1.28. The molecule has 0 aliphatic rings. The van der Waals surface area contributed by atoms with E-state index in [1.807, 2.05) is 30.3 Å². The van der Waals surface area contributed by atoms with Gasteiger partial charge in [-0.3, -0.25) is 4.99 Å². The number of nitrogens with two attached hydrogens (primary N) is 1. The van der Waals surface area contributed by atoms with Crippen molar-refractivity contribution in [3.63, 3.8) is 0 Å². The molecule has 0 saturated carbocycles. The minimum absolute atomic E-state index is 0.406. The van der Waals surface area contributed by atoms with E-state index in [1.165, 1.54) is 6.20 Å². The average Bonchev–Trinajstić information content (AvgIpc) is 2.06. The van der Waals surface area contributed by atoms with E-state index in [0.29, 0.717) is 5.61 Å². The zero-order chi connectivity index (χ0) is 8.81. The van der Waals surface area contributed by atoms with Crippen LogP contribution in [0.2, 0.25) is 0 Å². The quantitative estimate of drug-likeness (QED) is 0.509. The predicted molar refractivity (Wildman–Crippen MR) is 52.6 cm³/mol. The number of benzene rings is 1. The first kappa shape index (κ1) is 8.59. The van der Waals surface area contributed by atoms with Crippen LogP contribution in [0.25, 0.3) is 0 Å². The Kier molecular flexibility index (Phi) is 3.14. The van der Waals surface area contributed by atoms with Crippen LogP contribution in [0.4, 0.5) is 5.69 Å². The van der Waals surface area contributed by atoms with Gasteiger partial charge in [0.15, 0.2) is 0 Å². The van der Waals surface area contributed by atoms with Crippen molar-refractivity contribution in [3.8, 4) is 0 Å². The van der Waals surface area contributed by atoms with Gasteiger partial charge in [-0.25, -0.2) is 0 Å². The lowest BCUT2D eigenvalue weighted by Gasteiger charge is -1.93. The summed E-state index contributed by atoms with van der Waals surface area (Å²) in [5.41, 5.74) is 6.37. The first-order valence-corrected chi connectivity index (χ1v) is 3.60. The molecule has 0 amide bonds. The Morgan fingerprint density at radius 3 is 2.58 bits per heavy atom. The molecule has 0 saturated heterocycles. The van der Waals surface area contributed by atoms with Gasteiger partial charge in [-0.15, -0.1) is 0 Å². The van der Waals surface area contributed by atoms with Crippen molar-refractivity contribution in [1.82, 2.24) is 0 Å². The highest BCUT2D eigenvalue weighted by molar-refractivity contribution is 6.63. The lowest BCUT2D eigenvalue weighted by molar-refractivity contribution is 1.53. The number of aliphatic imine (C=N–C) groups is 1. The van der Waals surface area contributed by atoms with Gasteiger partial charge in [0, 0.05) is 0 Å². The third-order valence-electron chi connectivity index (χ3n) is 1.28. The monoisotopic (exact) mass is 156 g/mol. The normalized spacial score (nSPS) is 12.2. The van der Waals surface area contributed by atoms with Gasteiger partial charge >= 0.3 is 0 Å².